The molecule has 9 heteroatoms. The quantitative estimate of drug-likeness (QED) is 0.0791. The fourth-order valence-corrected chi connectivity index (χ4v) is 8.04. The average molecular weight is 664 g/mol. The molecule has 1 fully saturated rings. The maximum absolute atomic E-state index is 13.4. The number of amides is 2. The van der Waals surface area contributed by atoms with Gasteiger partial charge in [0.2, 0.25) is 5.91 Å². The van der Waals surface area contributed by atoms with E-state index < -0.39 is 0 Å². The molecule has 47 heavy (non-hydrogen) atoms. The lowest BCUT2D eigenvalue weighted by atomic mass is 9.81. The first-order valence-electron chi connectivity index (χ1n) is 16.3. The fourth-order valence-electron chi connectivity index (χ4n) is 6.70. The molecule has 1 aliphatic rings. The molecule has 2 N–H and O–H groups in total. The van der Waals surface area contributed by atoms with Gasteiger partial charge in [-0.15, -0.1) is 24.5 Å². The molecule has 2 amide bonds. The Kier molecular flexibility index (Phi) is 10.2. The van der Waals surface area contributed by atoms with E-state index in [0.29, 0.717) is 30.2 Å². The summed E-state index contributed by atoms with van der Waals surface area (Å²) in [5.41, 5.74) is 7.65. The van der Waals surface area contributed by atoms with Crippen LogP contribution in [-0.2, 0) is 11.3 Å². The minimum atomic E-state index is -0.165. The fraction of sp³-hybridized carbons (Fsp3) is 0.316. The molecular weight excluding hydrogens is 623 g/mol. The Morgan fingerprint density at radius 2 is 1.85 bits per heavy atom. The number of fused-ring (bicyclic) bond motifs is 2. The van der Waals surface area contributed by atoms with Crippen LogP contribution in [0.5, 0.6) is 0 Å². The number of benzene rings is 2. The Morgan fingerprint density at radius 1 is 1.02 bits per heavy atom. The zero-order valence-corrected chi connectivity index (χ0v) is 28.7. The van der Waals surface area contributed by atoms with Crippen LogP contribution in [0.1, 0.15) is 71.1 Å². The molecular formula is C38H41N5O2S2. The lowest BCUT2D eigenvalue weighted by molar-refractivity contribution is -0.121. The molecule has 3 heterocycles. The van der Waals surface area contributed by atoms with Crippen molar-refractivity contribution in [3.8, 4) is 21.8 Å². The van der Waals surface area contributed by atoms with Crippen LogP contribution in [-0.4, -0.2) is 38.6 Å². The monoisotopic (exact) mass is 663 g/mol. The number of hydrogen-bond acceptors (Lipinski definition) is 6. The Morgan fingerprint density at radius 3 is 2.60 bits per heavy atom. The van der Waals surface area contributed by atoms with E-state index >= 15 is 0 Å². The number of carbonyl (C=O) groups is 2. The summed E-state index contributed by atoms with van der Waals surface area (Å²) in [6.45, 7) is 12.3. The van der Waals surface area contributed by atoms with E-state index in [9.17, 15) is 9.59 Å². The van der Waals surface area contributed by atoms with Gasteiger partial charge in [-0.1, -0.05) is 49.6 Å². The van der Waals surface area contributed by atoms with Gasteiger partial charge in [-0.2, -0.15) is 0 Å². The van der Waals surface area contributed by atoms with Crippen molar-refractivity contribution in [2.45, 2.75) is 64.8 Å². The number of nitrogens with zero attached hydrogens (tertiary/aromatic N) is 3. The van der Waals surface area contributed by atoms with Gasteiger partial charge in [-0.05, 0) is 92.4 Å². The number of aromatic nitrogens is 3. The molecule has 0 bridgehead atoms. The van der Waals surface area contributed by atoms with Crippen LogP contribution >= 0.6 is 23.3 Å². The van der Waals surface area contributed by atoms with E-state index in [-0.39, 0.29) is 18.4 Å². The number of thiazole rings is 1. The molecule has 5 aromatic rings. The van der Waals surface area contributed by atoms with Gasteiger partial charge in [0.25, 0.3) is 5.91 Å². The van der Waals surface area contributed by atoms with Gasteiger partial charge in [0, 0.05) is 28.6 Å². The van der Waals surface area contributed by atoms with Crippen LogP contribution in [0.4, 0.5) is 0 Å². The highest BCUT2D eigenvalue weighted by Crippen LogP contribution is 2.45. The normalized spacial score (nSPS) is 13.6. The van der Waals surface area contributed by atoms with E-state index in [2.05, 4.69) is 69.1 Å². The van der Waals surface area contributed by atoms with Crippen LogP contribution in [0.3, 0.4) is 0 Å². The molecule has 7 nitrogen and oxygen atoms in total. The largest absolute Gasteiger partial charge is 0.354 e. The van der Waals surface area contributed by atoms with Gasteiger partial charge in [0.1, 0.15) is 6.54 Å². The van der Waals surface area contributed by atoms with Gasteiger partial charge < -0.3 is 9.88 Å². The van der Waals surface area contributed by atoms with Gasteiger partial charge in [0.15, 0.2) is 0 Å². The van der Waals surface area contributed by atoms with Crippen molar-refractivity contribution in [1.29, 1.82) is 0 Å². The molecule has 0 saturated heterocycles. The summed E-state index contributed by atoms with van der Waals surface area (Å²) in [7, 11) is 0. The summed E-state index contributed by atoms with van der Waals surface area (Å²) in [5, 5.41) is 6.22. The van der Waals surface area contributed by atoms with E-state index in [1.165, 1.54) is 36.8 Å². The van der Waals surface area contributed by atoms with Crippen LogP contribution in [0.25, 0.3) is 43.6 Å². The van der Waals surface area contributed by atoms with Crippen molar-refractivity contribution in [3.63, 3.8) is 0 Å². The van der Waals surface area contributed by atoms with Gasteiger partial charge in [-0.3, -0.25) is 14.3 Å². The number of nitrogens with one attached hydrogen (secondary N) is 2. The molecule has 3 aromatic heterocycles. The molecule has 242 valence electrons. The summed E-state index contributed by atoms with van der Waals surface area (Å²) in [6, 6.07) is 16.6. The zero-order chi connectivity index (χ0) is 32.9. The molecule has 6 rings (SSSR count). The van der Waals surface area contributed by atoms with E-state index in [0.717, 1.165) is 67.2 Å². The SMILES string of the molecule is C=CCCNC(=O)Cn1c(-c2ccc3nc(-c4sc(C)nc4C)ccc3c2)c(C2CCCCC2)c2ccc(C(=O)NSCC=C)cc21. The molecule has 0 atom stereocenters. The topological polar surface area (TPSA) is 88.9 Å². The predicted octanol–water partition coefficient (Wildman–Crippen LogP) is 8.90. The third-order valence-electron chi connectivity index (χ3n) is 8.82. The number of hydrogen-bond donors (Lipinski definition) is 2. The van der Waals surface area contributed by atoms with Crippen molar-refractivity contribution in [3.05, 3.63) is 95.7 Å². The summed E-state index contributed by atoms with van der Waals surface area (Å²) in [4.78, 5) is 37.3. The molecule has 1 aliphatic carbocycles. The molecule has 0 unspecified atom stereocenters. The highest BCUT2D eigenvalue weighted by molar-refractivity contribution is 7.98. The number of carbonyl (C=O) groups excluding carboxylic acids is 2. The summed E-state index contributed by atoms with van der Waals surface area (Å²) >= 11 is 2.98. The first-order chi connectivity index (χ1) is 22.9. The average Bonchev–Trinajstić information content (AvgIpc) is 3.59. The van der Waals surface area contributed by atoms with Crippen LogP contribution in [0.15, 0.2) is 73.8 Å². The molecule has 1 saturated carbocycles. The van der Waals surface area contributed by atoms with Gasteiger partial charge in [0.05, 0.1) is 38.0 Å². The summed E-state index contributed by atoms with van der Waals surface area (Å²) < 4.78 is 5.04. The third kappa shape index (κ3) is 7.06. The second-order valence-electron chi connectivity index (χ2n) is 12.1. The smallest absolute Gasteiger partial charge is 0.261 e. The second kappa shape index (κ2) is 14.7. The lowest BCUT2D eigenvalue weighted by Gasteiger charge is -2.24. The van der Waals surface area contributed by atoms with E-state index in [1.807, 2.05) is 26.0 Å². The minimum absolute atomic E-state index is 0.0705. The maximum Gasteiger partial charge on any atom is 0.261 e. The highest BCUT2D eigenvalue weighted by atomic mass is 32.2. The van der Waals surface area contributed by atoms with Crippen molar-refractivity contribution in [2.75, 3.05) is 12.3 Å². The van der Waals surface area contributed by atoms with Gasteiger partial charge >= 0.3 is 0 Å². The lowest BCUT2D eigenvalue weighted by Crippen LogP contribution is -2.28. The third-order valence-corrected chi connectivity index (χ3v) is 10.6. The summed E-state index contributed by atoms with van der Waals surface area (Å²) in [6.07, 6.45) is 10.1. The summed E-state index contributed by atoms with van der Waals surface area (Å²) in [5.74, 6) is 0.746. The van der Waals surface area contributed by atoms with E-state index in [1.54, 1.807) is 23.5 Å². The van der Waals surface area contributed by atoms with Crippen molar-refractivity contribution in [2.24, 2.45) is 0 Å². The second-order valence-corrected chi connectivity index (χ2v) is 14.2. The zero-order valence-electron chi connectivity index (χ0n) is 27.1. The van der Waals surface area contributed by atoms with Crippen LogP contribution in [0.2, 0.25) is 0 Å². The predicted molar refractivity (Wildman–Crippen MR) is 197 cm³/mol. The molecule has 0 radical (unpaired) electrons. The van der Waals surface area contributed by atoms with Crippen molar-refractivity contribution < 1.29 is 9.59 Å². The molecule has 0 aliphatic heterocycles. The first-order valence-corrected chi connectivity index (χ1v) is 18.1. The molecule has 0 spiro atoms. The highest BCUT2D eigenvalue weighted by Gasteiger charge is 2.28. The minimum Gasteiger partial charge on any atom is -0.354 e. The maximum atomic E-state index is 13.4. The Hall–Kier alpha value is -4.21. The number of rotatable bonds is 12. The van der Waals surface area contributed by atoms with Gasteiger partial charge in [-0.25, -0.2) is 9.97 Å². The number of pyridine rings is 1. The number of aryl methyl sites for hydroxylation is 2. The Labute approximate surface area is 284 Å². The van der Waals surface area contributed by atoms with Crippen molar-refractivity contribution >= 4 is 56.9 Å². The molecule has 2 aromatic carbocycles. The Balaban J connectivity index is 1.51. The Bertz CT molecular complexity index is 1970. The first kappa shape index (κ1) is 32.7. The van der Waals surface area contributed by atoms with E-state index in [4.69, 9.17) is 4.98 Å². The van der Waals surface area contributed by atoms with Crippen LogP contribution in [0, 0.1) is 13.8 Å². The standard InChI is InChI=1S/C38H41N5O2S2/c1-5-7-19-39-34(44)23-43-33-22-29(38(45)42-46-20-6-2)13-16-30(33)35(26-11-9-8-10-12-26)36(43)28-15-17-31-27(21-28)14-18-32(41-31)37-24(3)40-25(4)47-37/h5-6,13-18,21-22,26H,1-2,7-12,19-20,23H2,3-4H3,(H,39,44)(H,42,45). The van der Waals surface area contributed by atoms with Crippen LogP contribution < -0.4 is 10.0 Å². The van der Waals surface area contributed by atoms with Crippen molar-refractivity contribution in [1.82, 2.24) is 24.6 Å².